The van der Waals surface area contributed by atoms with Gasteiger partial charge in [-0.3, -0.25) is 4.79 Å². The van der Waals surface area contributed by atoms with E-state index >= 15 is 0 Å². The number of methoxy groups -OCH3 is 1. The van der Waals surface area contributed by atoms with Crippen molar-refractivity contribution in [2.75, 3.05) is 20.4 Å². The molecule has 6 heteroatoms. The molecule has 0 bridgehead atoms. The lowest BCUT2D eigenvalue weighted by Gasteiger charge is -2.13. The summed E-state index contributed by atoms with van der Waals surface area (Å²) in [5, 5.41) is 12.8. The van der Waals surface area contributed by atoms with Gasteiger partial charge in [0.15, 0.2) is 6.79 Å². The minimum atomic E-state index is -0.810. The maximum Gasteiger partial charge on any atom is 0.267 e. The molecule has 1 aromatic carbocycles. The predicted molar refractivity (Wildman–Crippen MR) is 77.0 cm³/mol. The largest absolute Gasteiger partial charge is 0.468 e. The zero-order valence-electron chi connectivity index (χ0n) is 11.7. The van der Waals surface area contributed by atoms with E-state index in [0.717, 1.165) is 0 Å². The van der Waals surface area contributed by atoms with Crippen molar-refractivity contribution in [3.8, 4) is 5.75 Å². The number of amides is 1. The molecule has 0 aliphatic heterocycles. The Morgan fingerprint density at radius 3 is 2.95 bits per heavy atom. The number of H-pyrrole nitrogens is 1. The fourth-order valence-corrected chi connectivity index (χ4v) is 1.81. The number of ether oxygens (including phenoxy) is 2. The molecular weight excluding hydrogens is 272 g/mol. The number of carbonyl (C=O) groups is 1. The van der Waals surface area contributed by atoms with Gasteiger partial charge in [0.2, 0.25) is 0 Å². The van der Waals surface area contributed by atoms with E-state index in [0.29, 0.717) is 17.0 Å². The molecule has 0 saturated heterocycles. The molecule has 0 radical (unpaired) electrons. The van der Waals surface area contributed by atoms with E-state index in [1.54, 1.807) is 42.6 Å². The second-order valence-electron chi connectivity index (χ2n) is 4.43. The standard InChI is InChI=1S/C15H18N2O4/c1-20-10-21-12-5-2-4-11(8-12)14(18)9-17-15(19)13-6-3-7-16-13/h2-8,14,16,18H,9-10H2,1H3,(H,17,19). The van der Waals surface area contributed by atoms with Crippen molar-refractivity contribution in [3.05, 3.63) is 53.9 Å². The lowest BCUT2D eigenvalue weighted by atomic mass is 10.1. The molecule has 1 heterocycles. The van der Waals surface area contributed by atoms with Gasteiger partial charge < -0.3 is 24.9 Å². The number of nitrogens with one attached hydrogen (secondary N) is 2. The molecule has 0 aliphatic rings. The Morgan fingerprint density at radius 2 is 2.24 bits per heavy atom. The van der Waals surface area contributed by atoms with E-state index < -0.39 is 6.10 Å². The summed E-state index contributed by atoms with van der Waals surface area (Å²) in [6, 6.07) is 10.4. The molecule has 112 valence electrons. The number of carbonyl (C=O) groups excluding carboxylic acids is 1. The zero-order valence-corrected chi connectivity index (χ0v) is 11.7. The van der Waals surface area contributed by atoms with Crippen LogP contribution in [0.1, 0.15) is 22.2 Å². The molecule has 3 N–H and O–H groups in total. The molecule has 2 rings (SSSR count). The highest BCUT2D eigenvalue weighted by Gasteiger charge is 2.12. The predicted octanol–water partition coefficient (Wildman–Crippen LogP) is 1.46. The highest BCUT2D eigenvalue weighted by atomic mass is 16.7. The number of hydrogen-bond donors (Lipinski definition) is 3. The van der Waals surface area contributed by atoms with Gasteiger partial charge in [-0.2, -0.15) is 0 Å². The average Bonchev–Trinajstić information content (AvgIpc) is 3.05. The lowest BCUT2D eigenvalue weighted by molar-refractivity contribution is 0.0508. The van der Waals surface area contributed by atoms with E-state index in [1.165, 1.54) is 7.11 Å². The summed E-state index contributed by atoms with van der Waals surface area (Å²) in [6.07, 6.45) is 0.858. The average molecular weight is 290 g/mol. The molecule has 0 spiro atoms. The van der Waals surface area contributed by atoms with Crippen LogP contribution in [-0.2, 0) is 4.74 Å². The van der Waals surface area contributed by atoms with Crippen LogP contribution < -0.4 is 10.1 Å². The molecule has 0 fully saturated rings. The Kier molecular flexibility index (Phi) is 5.36. The van der Waals surface area contributed by atoms with E-state index in [4.69, 9.17) is 9.47 Å². The molecule has 21 heavy (non-hydrogen) atoms. The van der Waals surface area contributed by atoms with Gasteiger partial charge in [0.05, 0.1) is 6.10 Å². The fourth-order valence-electron chi connectivity index (χ4n) is 1.81. The van der Waals surface area contributed by atoms with Crippen LogP contribution in [0.25, 0.3) is 0 Å². The van der Waals surface area contributed by atoms with Gasteiger partial charge in [-0.15, -0.1) is 0 Å². The molecule has 0 saturated carbocycles. The monoisotopic (exact) mass is 290 g/mol. The van der Waals surface area contributed by atoms with Gasteiger partial charge in [0.1, 0.15) is 11.4 Å². The number of aromatic nitrogens is 1. The van der Waals surface area contributed by atoms with Crippen LogP contribution in [0.2, 0.25) is 0 Å². The van der Waals surface area contributed by atoms with Crippen LogP contribution >= 0.6 is 0 Å². The number of rotatable bonds is 7. The number of aliphatic hydroxyl groups excluding tert-OH is 1. The van der Waals surface area contributed by atoms with Crippen molar-refractivity contribution < 1.29 is 19.4 Å². The second kappa shape index (κ2) is 7.47. The van der Waals surface area contributed by atoms with Gasteiger partial charge in [0, 0.05) is 19.9 Å². The van der Waals surface area contributed by atoms with Gasteiger partial charge >= 0.3 is 0 Å². The van der Waals surface area contributed by atoms with Crippen LogP contribution in [0.15, 0.2) is 42.6 Å². The first-order valence-corrected chi connectivity index (χ1v) is 6.52. The van der Waals surface area contributed by atoms with Crippen molar-refractivity contribution >= 4 is 5.91 Å². The Balaban J connectivity index is 1.90. The van der Waals surface area contributed by atoms with Crippen molar-refractivity contribution in [2.45, 2.75) is 6.10 Å². The second-order valence-corrected chi connectivity index (χ2v) is 4.43. The lowest BCUT2D eigenvalue weighted by Crippen LogP contribution is -2.28. The van der Waals surface area contributed by atoms with Crippen molar-refractivity contribution in [3.63, 3.8) is 0 Å². The van der Waals surface area contributed by atoms with Crippen molar-refractivity contribution in [1.29, 1.82) is 0 Å². The van der Waals surface area contributed by atoms with Gasteiger partial charge in [-0.05, 0) is 29.8 Å². The molecule has 0 aliphatic carbocycles. The van der Waals surface area contributed by atoms with Crippen molar-refractivity contribution in [2.24, 2.45) is 0 Å². The Labute approximate surface area is 122 Å². The number of hydrogen-bond acceptors (Lipinski definition) is 4. The van der Waals surface area contributed by atoms with Crippen LogP contribution in [-0.4, -0.2) is 36.4 Å². The van der Waals surface area contributed by atoms with E-state index in [-0.39, 0.29) is 19.2 Å². The summed E-state index contributed by atoms with van der Waals surface area (Å²) in [7, 11) is 1.54. The normalized spacial score (nSPS) is 11.9. The first-order chi connectivity index (χ1) is 10.2. The van der Waals surface area contributed by atoms with Crippen LogP contribution in [0.4, 0.5) is 0 Å². The highest BCUT2D eigenvalue weighted by Crippen LogP contribution is 2.19. The first kappa shape index (κ1) is 15.1. The maximum absolute atomic E-state index is 11.8. The Morgan fingerprint density at radius 1 is 1.38 bits per heavy atom. The molecule has 1 unspecified atom stereocenters. The third kappa shape index (κ3) is 4.34. The minimum Gasteiger partial charge on any atom is -0.468 e. The number of aromatic amines is 1. The molecule has 1 aromatic heterocycles. The van der Waals surface area contributed by atoms with Gasteiger partial charge in [-0.25, -0.2) is 0 Å². The van der Waals surface area contributed by atoms with Crippen LogP contribution in [0.5, 0.6) is 5.75 Å². The molecule has 6 nitrogen and oxygen atoms in total. The highest BCUT2D eigenvalue weighted by molar-refractivity contribution is 5.92. The summed E-state index contributed by atoms with van der Waals surface area (Å²) in [5.41, 5.74) is 1.12. The smallest absolute Gasteiger partial charge is 0.267 e. The maximum atomic E-state index is 11.8. The van der Waals surface area contributed by atoms with Crippen LogP contribution in [0.3, 0.4) is 0 Å². The molecule has 1 amide bonds. The molecule has 1 atom stereocenters. The van der Waals surface area contributed by atoms with E-state index in [9.17, 15) is 9.90 Å². The summed E-state index contributed by atoms with van der Waals surface area (Å²) >= 11 is 0. The third-order valence-electron chi connectivity index (χ3n) is 2.88. The molecular formula is C15H18N2O4. The quantitative estimate of drug-likeness (QED) is 0.674. The third-order valence-corrected chi connectivity index (χ3v) is 2.88. The fraction of sp³-hybridized carbons (Fsp3) is 0.267. The van der Waals surface area contributed by atoms with Gasteiger partial charge in [0.25, 0.3) is 5.91 Å². The SMILES string of the molecule is COCOc1cccc(C(O)CNC(=O)c2ccc[nH]2)c1. The zero-order chi connectivity index (χ0) is 15.1. The van der Waals surface area contributed by atoms with Gasteiger partial charge in [-0.1, -0.05) is 12.1 Å². The molecule has 2 aromatic rings. The summed E-state index contributed by atoms with van der Waals surface area (Å²) in [5.74, 6) is 0.343. The summed E-state index contributed by atoms with van der Waals surface area (Å²) in [4.78, 5) is 14.6. The summed E-state index contributed by atoms with van der Waals surface area (Å²) in [6.45, 7) is 0.259. The Hall–Kier alpha value is -2.31. The van der Waals surface area contributed by atoms with Crippen LogP contribution in [0, 0.1) is 0 Å². The Bertz CT molecular complexity index is 569. The topological polar surface area (TPSA) is 83.6 Å². The summed E-state index contributed by atoms with van der Waals surface area (Å²) < 4.78 is 10.1. The minimum absolute atomic E-state index is 0.117. The van der Waals surface area contributed by atoms with E-state index in [1.807, 2.05) is 0 Å². The van der Waals surface area contributed by atoms with Crippen molar-refractivity contribution in [1.82, 2.24) is 10.3 Å². The van der Waals surface area contributed by atoms with E-state index in [2.05, 4.69) is 10.3 Å². The first-order valence-electron chi connectivity index (χ1n) is 6.52. The number of aliphatic hydroxyl groups is 1. The number of benzene rings is 1.